The van der Waals surface area contributed by atoms with Gasteiger partial charge < -0.3 is 9.64 Å². The number of rotatable bonds is 3. The number of nitrogens with zero attached hydrogens (tertiary/aromatic N) is 2. The quantitative estimate of drug-likeness (QED) is 0.932. The van der Waals surface area contributed by atoms with Crippen LogP contribution in [0.5, 0.6) is 0 Å². The van der Waals surface area contributed by atoms with Gasteiger partial charge in [0.1, 0.15) is 5.82 Å². The number of hydrogen-bond donors (Lipinski definition) is 1. The van der Waals surface area contributed by atoms with E-state index in [0.29, 0.717) is 23.0 Å². The molecule has 0 atom stereocenters. The third kappa shape index (κ3) is 3.86. The van der Waals surface area contributed by atoms with Crippen LogP contribution >= 0.6 is 11.6 Å². The van der Waals surface area contributed by atoms with E-state index < -0.39 is 0 Å². The van der Waals surface area contributed by atoms with Crippen LogP contribution in [0, 0.1) is 0 Å². The summed E-state index contributed by atoms with van der Waals surface area (Å²) in [7, 11) is 0. The number of amides is 2. The number of halogens is 1. The summed E-state index contributed by atoms with van der Waals surface area (Å²) in [5.74, 6) is 0.486. The predicted molar refractivity (Wildman–Crippen MR) is 81.6 cm³/mol. The van der Waals surface area contributed by atoms with Crippen molar-refractivity contribution in [2.75, 3.05) is 18.4 Å². The Morgan fingerprint density at radius 2 is 2.00 bits per heavy atom. The van der Waals surface area contributed by atoms with Crippen molar-refractivity contribution >= 4 is 23.4 Å². The van der Waals surface area contributed by atoms with Crippen molar-refractivity contribution in [3.05, 3.63) is 23.4 Å². The van der Waals surface area contributed by atoms with Crippen molar-refractivity contribution in [3.8, 4) is 0 Å². The van der Waals surface area contributed by atoms with Crippen LogP contribution in [0.4, 0.5) is 10.6 Å². The second kappa shape index (κ2) is 6.62. The van der Waals surface area contributed by atoms with Crippen molar-refractivity contribution in [2.24, 2.45) is 0 Å². The highest BCUT2D eigenvalue weighted by molar-refractivity contribution is 6.30. The van der Waals surface area contributed by atoms with Gasteiger partial charge in [-0.2, -0.15) is 0 Å². The lowest BCUT2D eigenvalue weighted by molar-refractivity contribution is -0.0694. The van der Waals surface area contributed by atoms with Crippen molar-refractivity contribution in [3.63, 3.8) is 0 Å². The first kappa shape index (κ1) is 14.6. The molecule has 1 saturated heterocycles. The highest BCUT2D eigenvalue weighted by Gasteiger charge is 2.27. The predicted octanol–water partition coefficient (Wildman–Crippen LogP) is 3.30. The molecule has 1 aliphatic heterocycles. The molecular formula is C15H20ClN3O2. The van der Waals surface area contributed by atoms with E-state index in [0.717, 1.165) is 25.9 Å². The number of carbonyl (C=O) groups excluding carboxylic acids is 1. The van der Waals surface area contributed by atoms with Crippen molar-refractivity contribution in [1.29, 1.82) is 0 Å². The average Bonchev–Trinajstić information content (AvgIpc) is 2.43. The maximum absolute atomic E-state index is 12.2. The molecule has 1 aromatic heterocycles. The number of likely N-dealkylation sites (tertiary alicyclic amines) is 1. The molecule has 0 spiro atoms. The molecule has 1 aromatic rings. The van der Waals surface area contributed by atoms with Gasteiger partial charge >= 0.3 is 6.03 Å². The first-order chi connectivity index (χ1) is 10.2. The minimum Gasteiger partial charge on any atom is -0.375 e. The van der Waals surface area contributed by atoms with Gasteiger partial charge in [0.15, 0.2) is 0 Å². The van der Waals surface area contributed by atoms with Crippen LogP contribution < -0.4 is 5.32 Å². The summed E-state index contributed by atoms with van der Waals surface area (Å²) in [5.41, 5.74) is 0. The Morgan fingerprint density at radius 1 is 1.29 bits per heavy atom. The largest absolute Gasteiger partial charge is 0.375 e. The molecule has 114 valence electrons. The van der Waals surface area contributed by atoms with Crippen LogP contribution in [-0.2, 0) is 4.74 Å². The van der Waals surface area contributed by atoms with Gasteiger partial charge in [-0.15, -0.1) is 0 Å². The summed E-state index contributed by atoms with van der Waals surface area (Å²) in [6.07, 6.45) is 7.85. The minimum atomic E-state index is -0.119. The van der Waals surface area contributed by atoms with Crippen molar-refractivity contribution < 1.29 is 9.53 Å². The fourth-order valence-electron chi connectivity index (χ4n) is 2.64. The van der Waals surface area contributed by atoms with E-state index in [2.05, 4.69) is 10.3 Å². The molecule has 3 rings (SSSR count). The maximum atomic E-state index is 12.2. The monoisotopic (exact) mass is 309 g/mol. The Bertz CT molecular complexity index is 499. The third-order valence-electron chi connectivity index (χ3n) is 4.12. The van der Waals surface area contributed by atoms with Crippen LogP contribution in [0.2, 0.25) is 5.02 Å². The smallest absolute Gasteiger partial charge is 0.323 e. The molecule has 6 heteroatoms. The molecule has 2 heterocycles. The maximum Gasteiger partial charge on any atom is 0.323 e. The average molecular weight is 310 g/mol. The minimum absolute atomic E-state index is 0.119. The highest BCUT2D eigenvalue weighted by atomic mass is 35.5. The lowest BCUT2D eigenvalue weighted by Crippen LogP contribution is -2.44. The van der Waals surface area contributed by atoms with Gasteiger partial charge in [0.2, 0.25) is 0 Å². The molecule has 5 nitrogen and oxygen atoms in total. The summed E-state index contributed by atoms with van der Waals surface area (Å²) in [5, 5.41) is 3.34. The topological polar surface area (TPSA) is 54.5 Å². The molecule has 0 aromatic carbocycles. The zero-order valence-electron chi connectivity index (χ0n) is 11.9. The fraction of sp³-hybridized carbons (Fsp3) is 0.600. The standard InChI is InChI=1S/C15H20ClN3O2/c16-11-4-7-17-14(10-11)18-15(20)19-8-5-13(6-9-19)21-12-2-1-3-12/h4,7,10,12-13H,1-3,5-6,8-9H2,(H,17,18,20). The zero-order chi connectivity index (χ0) is 14.7. The lowest BCUT2D eigenvalue weighted by Gasteiger charge is -2.36. The first-order valence-electron chi connectivity index (χ1n) is 7.53. The molecule has 0 unspecified atom stereocenters. The second-order valence-corrected chi connectivity index (χ2v) is 6.10. The number of carbonyl (C=O) groups is 1. The normalized spacial score (nSPS) is 20.1. The van der Waals surface area contributed by atoms with Gasteiger partial charge in [-0.3, -0.25) is 5.32 Å². The molecule has 1 aliphatic carbocycles. The van der Waals surface area contributed by atoms with Gasteiger partial charge in [0.05, 0.1) is 12.2 Å². The summed E-state index contributed by atoms with van der Waals surface area (Å²) in [6, 6.07) is 3.21. The van der Waals surface area contributed by atoms with Gasteiger partial charge in [-0.05, 0) is 44.2 Å². The van der Waals surface area contributed by atoms with Gasteiger partial charge in [0.25, 0.3) is 0 Å². The Morgan fingerprint density at radius 3 is 2.62 bits per heavy atom. The summed E-state index contributed by atoms with van der Waals surface area (Å²) in [4.78, 5) is 18.1. The number of pyridine rings is 1. The van der Waals surface area contributed by atoms with E-state index in [4.69, 9.17) is 16.3 Å². The molecule has 1 N–H and O–H groups in total. The highest BCUT2D eigenvalue weighted by Crippen LogP contribution is 2.26. The molecule has 0 bridgehead atoms. The van der Waals surface area contributed by atoms with E-state index in [-0.39, 0.29) is 6.03 Å². The van der Waals surface area contributed by atoms with Crippen LogP contribution in [0.3, 0.4) is 0 Å². The number of ether oxygens (including phenoxy) is 1. The van der Waals surface area contributed by atoms with Crippen molar-refractivity contribution in [2.45, 2.75) is 44.3 Å². The number of aromatic nitrogens is 1. The third-order valence-corrected chi connectivity index (χ3v) is 4.36. The zero-order valence-corrected chi connectivity index (χ0v) is 12.7. The number of anilines is 1. The summed E-state index contributed by atoms with van der Waals surface area (Å²) < 4.78 is 6.00. The van der Waals surface area contributed by atoms with Gasteiger partial charge in [0, 0.05) is 24.3 Å². The van der Waals surface area contributed by atoms with E-state index in [9.17, 15) is 4.79 Å². The number of urea groups is 1. The van der Waals surface area contributed by atoms with E-state index in [1.165, 1.54) is 19.3 Å². The fourth-order valence-corrected chi connectivity index (χ4v) is 2.80. The Labute approximate surface area is 129 Å². The molecular weight excluding hydrogens is 290 g/mol. The Balaban J connectivity index is 1.46. The molecule has 2 amide bonds. The van der Waals surface area contributed by atoms with Gasteiger partial charge in [-0.25, -0.2) is 9.78 Å². The summed E-state index contributed by atoms with van der Waals surface area (Å²) in [6.45, 7) is 1.45. The second-order valence-electron chi connectivity index (χ2n) is 5.66. The van der Waals surface area contributed by atoms with Crippen LogP contribution in [0.15, 0.2) is 18.3 Å². The lowest BCUT2D eigenvalue weighted by atomic mass is 9.95. The Hall–Kier alpha value is -1.33. The molecule has 21 heavy (non-hydrogen) atoms. The number of piperidine rings is 1. The van der Waals surface area contributed by atoms with E-state index in [1.807, 2.05) is 4.90 Å². The van der Waals surface area contributed by atoms with Crippen LogP contribution in [-0.4, -0.2) is 41.2 Å². The van der Waals surface area contributed by atoms with Gasteiger partial charge in [-0.1, -0.05) is 11.6 Å². The van der Waals surface area contributed by atoms with Crippen LogP contribution in [0.25, 0.3) is 0 Å². The molecule has 2 fully saturated rings. The summed E-state index contributed by atoms with van der Waals surface area (Å²) >= 11 is 5.88. The Kier molecular flexibility index (Phi) is 4.60. The first-order valence-corrected chi connectivity index (χ1v) is 7.91. The molecule has 0 radical (unpaired) electrons. The number of nitrogens with one attached hydrogen (secondary N) is 1. The molecule has 2 aliphatic rings. The molecule has 1 saturated carbocycles. The van der Waals surface area contributed by atoms with Crippen molar-refractivity contribution in [1.82, 2.24) is 9.88 Å². The number of hydrogen-bond acceptors (Lipinski definition) is 3. The SMILES string of the molecule is O=C(Nc1cc(Cl)ccn1)N1CCC(OC2CCC2)CC1. The van der Waals surface area contributed by atoms with E-state index >= 15 is 0 Å². The van der Waals surface area contributed by atoms with Crippen LogP contribution in [0.1, 0.15) is 32.1 Å². The van der Waals surface area contributed by atoms with E-state index in [1.54, 1.807) is 18.3 Å².